The zero-order valence-corrected chi connectivity index (χ0v) is 18.7. The van der Waals surface area contributed by atoms with E-state index in [0.717, 1.165) is 16.6 Å². The zero-order valence-electron chi connectivity index (χ0n) is 18.7. The van der Waals surface area contributed by atoms with Crippen molar-refractivity contribution in [3.05, 3.63) is 66.6 Å². The second-order valence-electron chi connectivity index (χ2n) is 8.38. The Kier molecular flexibility index (Phi) is 4.68. The normalized spacial score (nSPS) is 13.0. The minimum Gasteiger partial charge on any atom is -0.486 e. The van der Waals surface area contributed by atoms with Crippen LogP contribution in [0.4, 0.5) is 0 Å². The van der Waals surface area contributed by atoms with Gasteiger partial charge in [0.2, 0.25) is 0 Å². The van der Waals surface area contributed by atoms with E-state index in [1.54, 1.807) is 23.3 Å². The van der Waals surface area contributed by atoms with Crippen LogP contribution in [0.5, 0.6) is 11.5 Å². The number of nitrogens with one attached hydrogen (secondary N) is 1. The highest BCUT2D eigenvalue weighted by molar-refractivity contribution is 6.10. The van der Waals surface area contributed by atoms with Gasteiger partial charge in [-0.3, -0.25) is 10.2 Å². The summed E-state index contributed by atoms with van der Waals surface area (Å²) in [5, 5.41) is 5.18. The molecule has 0 radical (unpaired) electrons. The number of para-hydroxylation sites is 2. The smallest absolute Gasteiger partial charge is 0.271 e. The lowest BCUT2D eigenvalue weighted by Crippen LogP contribution is -2.22. The van der Waals surface area contributed by atoms with Gasteiger partial charge in [0, 0.05) is 11.6 Å². The molecule has 4 heterocycles. The average Bonchev–Trinajstić information content (AvgIpc) is 3.47. The maximum absolute atomic E-state index is 13.5. The maximum atomic E-state index is 13.5. The molecule has 170 valence electrons. The van der Waals surface area contributed by atoms with Crippen LogP contribution in [0, 0.1) is 0 Å². The van der Waals surface area contributed by atoms with Crippen molar-refractivity contribution in [1.29, 1.82) is 0 Å². The lowest BCUT2D eigenvalue weighted by molar-refractivity contribution is 0.101. The first-order chi connectivity index (χ1) is 16.6. The monoisotopic (exact) mass is 454 g/mol. The lowest BCUT2D eigenvalue weighted by atomic mass is 10.1. The van der Waals surface area contributed by atoms with E-state index in [9.17, 15) is 4.79 Å². The fourth-order valence-corrected chi connectivity index (χ4v) is 4.15. The minimum absolute atomic E-state index is 0.0778. The van der Waals surface area contributed by atoms with Crippen LogP contribution in [-0.2, 0) is 0 Å². The molecule has 6 rings (SSSR count). The van der Waals surface area contributed by atoms with Gasteiger partial charge in [0.15, 0.2) is 17.1 Å². The van der Waals surface area contributed by atoms with Crippen LogP contribution in [0.1, 0.15) is 30.2 Å². The van der Waals surface area contributed by atoms with Crippen molar-refractivity contribution in [2.75, 3.05) is 18.6 Å². The Hall–Kier alpha value is -4.40. The fraction of sp³-hybridized carbons (Fsp3) is 0.200. The molecular formula is C25H22N6O3. The second-order valence-corrected chi connectivity index (χ2v) is 8.38. The van der Waals surface area contributed by atoms with Crippen molar-refractivity contribution in [2.24, 2.45) is 0 Å². The molecule has 0 saturated carbocycles. The van der Waals surface area contributed by atoms with Gasteiger partial charge in [-0.1, -0.05) is 12.1 Å². The molecule has 9 heteroatoms. The highest BCUT2D eigenvalue weighted by Gasteiger charge is 2.20. The number of carbonyl (C=O) groups is 1. The molecule has 0 bridgehead atoms. The number of amides is 1. The molecule has 34 heavy (non-hydrogen) atoms. The van der Waals surface area contributed by atoms with E-state index in [1.165, 1.54) is 0 Å². The number of imidazole rings is 1. The SMILES string of the molecule is CC(C)n1ncc2c(C(=O)Nn3cnc4ccccc43)cc(-c3ccc4c(c3)OCCO4)nc21. The van der Waals surface area contributed by atoms with Gasteiger partial charge in [0.1, 0.15) is 19.5 Å². The molecule has 2 aromatic carbocycles. The van der Waals surface area contributed by atoms with Crippen molar-refractivity contribution in [1.82, 2.24) is 24.4 Å². The summed E-state index contributed by atoms with van der Waals surface area (Å²) in [7, 11) is 0. The molecule has 3 aromatic heterocycles. The number of rotatable bonds is 4. The van der Waals surface area contributed by atoms with Gasteiger partial charge in [-0.15, -0.1) is 0 Å². The Morgan fingerprint density at radius 1 is 1.06 bits per heavy atom. The van der Waals surface area contributed by atoms with Gasteiger partial charge in [-0.2, -0.15) is 5.10 Å². The standard InChI is InChI=1S/C25H22N6O3/c1-15(2)31-24-18(13-27-31)17(25(32)29-30-14-26-19-5-3-4-6-21(19)30)12-20(28-24)16-7-8-22-23(11-16)34-10-9-33-22/h3-8,11-15H,9-10H2,1-2H3,(H,29,32). The maximum Gasteiger partial charge on any atom is 0.271 e. The molecule has 5 aromatic rings. The van der Waals surface area contributed by atoms with Crippen molar-refractivity contribution < 1.29 is 14.3 Å². The van der Waals surface area contributed by atoms with E-state index in [4.69, 9.17) is 14.5 Å². The van der Waals surface area contributed by atoms with E-state index >= 15 is 0 Å². The third-order valence-electron chi connectivity index (χ3n) is 5.81. The summed E-state index contributed by atoms with van der Waals surface area (Å²) in [6.07, 6.45) is 3.29. The summed E-state index contributed by atoms with van der Waals surface area (Å²) in [4.78, 5) is 22.7. The molecule has 0 spiro atoms. The topological polar surface area (TPSA) is 96.1 Å². The number of aromatic nitrogens is 5. The second kappa shape index (κ2) is 7.87. The molecule has 0 atom stereocenters. The van der Waals surface area contributed by atoms with Gasteiger partial charge >= 0.3 is 0 Å². The van der Waals surface area contributed by atoms with E-state index in [0.29, 0.717) is 47.0 Å². The summed E-state index contributed by atoms with van der Waals surface area (Å²) in [5.41, 5.74) is 7.14. The number of hydrogen-bond donors (Lipinski definition) is 1. The highest BCUT2D eigenvalue weighted by atomic mass is 16.6. The van der Waals surface area contributed by atoms with E-state index < -0.39 is 0 Å². The third kappa shape index (κ3) is 3.33. The van der Waals surface area contributed by atoms with Crippen molar-refractivity contribution >= 4 is 28.0 Å². The van der Waals surface area contributed by atoms with Crippen LogP contribution >= 0.6 is 0 Å². The third-order valence-corrected chi connectivity index (χ3v) is 5.81. The average molecular weight is 454 g/mol. The van der Waals surface area contributed by atoms with Crippen LogP contribution < -0.4 is 14.9 Å². The van der Waals surface area contributed by atoms with Gasteiger partial charge in [0.25, 0.3) is 5.91 Å². The predicted octanol–water partition coefficient (Wildman–Crippen LogP) is 4.18. The summed E-state index contributed by atoms with van der Waals surface area (Å²) < 4.78 is 14.8. The highest BCUT2D eigenvalue weighted by Crippen LogP contribution is 2.35. The minimum atomic E-state index is -0.280. The summed E-state index contributed by atoms with van der Waals surface area (Å²) >= 11 is 0. The van der Waals surface area contributed by atoms with Gasteiger partial charge in [-0.05, 0) is 50.2 Å². The molecule has 0 fully saturated rings. The first kappa shape index (κ1) is 20.2. The zero-order chi connectivity index (χ0) is 23.2. The number of carbonyl (C=O) groups excluding carboxylic acids is 1. The quantitative estimate of drug-likeness (QED) is 0.438. The number of fused-ring (bicyclic) bond motifs is 3. The molecule has 1 aliphatic rings. The number of ether oxygens (including phenoxy) is 2. The molecular weight excluding hydrogens is 432 g/mol. The Labute approximate surface area is 194 Å². The van der Waals surface area contributed by atoms with Crippen LogP contribution in [0.15, 0.2) is 61.1 Å². The number of benzene rings is 2. The molecule has 0 aliphatic carbocycles. The number of hydrogen-bond acceptors (Lipinski definition) is 6. The van der Waals surface area contributed by atoms with Crippen molar-refractivity contribution in [2.45, 2.75) is 19.9 Å². The van der Waals surface area contributed by atoms with Crippen molar-refractivity contribution in [3.63, 3.8) is 0 Å². The van der Waals surface area contributed by atoms with Gasteiger partial charge in [-0.25, -0.2) is 19.3 Å². The number of nitrogens with zero attached hydrogens (tertiary/aromatic N) is 5. The Balaban J connectivity index is 1.47. The molecule has 1 N–H and O–H groups in total. The van der Waals surface area contributed by atoms with Crippen LogP contribution in [0.25, 0.3) is 33.3 Å². The van der Waals surface area contributed by atoms with Crippen molar-refractivity contribution in [3.8, 4) is 22.8 Å². The predicted molar refractivity (Wildman–Crippen MR) is 128 cm³/mol. The van der Waals surface area contributed by atoms with Gasteiger partial charge in [0.05, 0.1) is 33.9 Å². The molecule has 0 saturated heterocycles. The molecule has 0 unspecified atom stereocenters. The van der Waals surface area contributed by atoms with E-state index in [-0.39, 0.29) is 11.9 Å². The van der Waals surface area contributed by atoms with Crippen LogP contribution in [0.3, 0.4) is 0 Å². The largest absolute Gasteiger partial charge is 0.486 e. The van der Waals surface area contributed by atoms with Crippen LogP contribution in [-0.4, -0.2) is 43.5 Å². The number of pyridine rings is 1. The van der Waals surface area contributed by atoms with E-state index in [1.807, 2.05) is 61.0 Å². The summed E-state index contributed by atoms with van der Waals surface area (Å²) in [6.45, 7) is 5.08. The molecule has 9 nitrogen and oxygen atoms in total. The molecule has 1 amide bonds. The fourth-order valence-electron chi connectivity index (χ4n) is 4.15. The molecule has 1 aliphatic heterocycles. The summed E-state index contributed by atoms with van der Waals surface area (Å²) in [6, 6.07) is 15.2. The Morgan fingerprint density at radius 3 is 2.74 bits per heavy atom. The van der Waals surface area contributed by atoms with Crippen LogP contribution in [0.2, 0.25) is 0 Å². The first-order valence-corrected chi connectivity index (χ1v) is 11.1. The Bertz CT molecular complexity index is 1550. The first-order valence-electron chi connectivity index (χ1n) is 11.1. The Morgan fingerprint density at radius 2 is 1.88 bits per heavy atom. The lowest BCUT2D eigenvalue weighted by Gasteiger charge is -2.19. The van der Waals surface area contributed by atoms with Gasteiger partial charge < -0.3 is 9.47 Å². The van der Waals surface area contributed by atoms with E-state index in [2.05, 4.69) is 15.5 Å². The summed E-state index contributed by atoms with van der Waals surface area (Å²) in [5.74, 6) is 1.09.